The maximum atomic E-state index is 12.1. The molecule has 3 heteroatoms. The second-order valence-electron chi connectivity index (χ2n) is 6.45. The molecule has 0 aromatic heterocycles. The van der Waals surface area contributed by atoms with Gasteiger partial charge in [-0.25, -0.2) is 5.48 Å². The van der Waals surface area contributed by atoms with Gasteiger partial charge in [0.05, 0.1) is 5.92 Å². The van der Waals surface area contributed by atoms with E-state index < -0.39 is 11.8 Å². The van der Waals surface area contributed by atoms with Crippen molar-refractivity contribution in [3.05, 3.63) is 71.3 Å². The van der Waals surface area contributed by atoms with E-state index in [2.05, 4.69) is 32.6 Å². The van der Waals surface area contributed by atoms with Gasteiger partial charge >= 0.3 is 0 Å². The SMILES string of the molecule is CC(C)(C)C#Cc1cccc(C(C(=O)NO)c2ccccc2)c1. The second-order valence-corrected chi connectivity index (χ2v) is 6.45. The summed E-state index contributed by atoms with van der Waals surface area (Å²) in [6.45, 7) is 6.15. The van der Waals surface area contributed by atoms with Crippen molar-refractivity contribution in [2.45, 2.75) is 26.7 Å². The normalized spacial score (nSPS) is 12.0. The van der Waals surface area contributed by atoms with E-state index in [9.17, 15) is 4.79 Å². The maximum Gasteiger partial charge on any atom is 0.255 e. The predicted molar refractivity (Wildman–Crippen MR) is 91.0 cm³/mol. The quantitative estimate of drug-likeness (QED) is 0.516. The lowest BCUT2D eigenvalue weighted by molar-refractivity contribution is -0.129. The van der Waals surface area contributed by atoms with Crippen LogP contribution >= 0.6 is 0 Å². The second kappa shape index (κ2) is 7.13. The van der Waals surface area contributed by atoms with Crippen LogP contribution in [-0.2, 0) is 4.79 Å². The summed E-state index contributed by atoms with van der Waals surface area (Å²) in [6, 6.07) is 16.9. The molecule has 2 rings (SSSR count). The molecule has 23 heavy (non-hydrogen) atoms. The van der Waals surface area contributed by atoms with E-state index in [1.165, 1.54) is 0 Å². The van der Waals surface area contributed by atoms with E-state index >= 15 is 0 Å². The molecule has 1 unspecified atom stereocenters. The number of carbonyl (C=O) groups is 1. The summed E-state index contributed by atoms with van der Waals surface area (Å²) in [4.78, 5) is 12.1. The lowest BCUT2D eigenvalue weighted by Gasteiger charge is -2.16. The van der Waals surface area contributed by atoms with Crippen molar-refractivity contribution in [1.29, 1.82) is 0 Å². The van der Waals surface area contributed by atoms with E-state index in [0.29, 0.717) is 0 Å². The lowest BCUT2D eigenvalue weighted by Crippen LogP contribution is -2.27. The van der Waals surface area contributed by atoms with Crippen LogP contribution in [0.2, 0.25) is 0 Å². The number of nitrogens with one attached hydrogen (secondary N) is 1. The molecule has 1 amide bonds. The molecule has 0 aliphatic carbocycles. The minimum atomic E-state index is -0.572. The van der Waals surface area contributed by atoms with Crippen molar-refractivity contribution in [2.75, 3.05) is 0 Å². The number of amides is 1. The minimum absolute atomic E-state index is 0.0860. The monoisotopic (exact) mass is 307 g/mol. The van der Waals surface area contributed by atoms with Gasteiger partial charge in [-0.15, -0.1) is 0 Å². The molecule has 0 aliphatic heterocycles. The fourth-order valence-electron chi connectivity index (χ4n) is 2.26. The van der Waals surface area contributed by atoms with Gasteiger partial charge < -0.3 is 0 Å². The third kappa shape index (κ3) is 4.70. The highest BCUT2D eigenvalue weighted by Gasteiger charge is 2.22. The van der Waals surface area contributed by atoms with Crippen LogP contribution in [0.15, 0.2) is 54.6 Å². The highest BCUT2D eigenvalue weighted by molar-refractivity contribution is 5.86. The van der Waals surface area contributed by atoms with Crippen LogP contribution in [0.3, 0.4) is 0 Å². The van der Waals surface area contributed by atoms with Gasteiger partial charge in [-0.2, -0.15) is 0 Å². The minimum Gasteiger partial charge on any atom is -0.289 e. The molecule has 3 nitrogen and oxygen atoms in total. The Morgan fingerprint density at radius 1 is 1.04 bits per heavy atom. The molecule has 0 heterocycles. The molecule has 0 fully saturated rings. The van der Waals surface area contributed by atoms with Crippen LogP contribution in [0.5, 0.6) is 0 Å². The average molecular weight is 307 g/mol. The molecule has 0 aliphatic rings. The molecule has 0 saturated heterocycles. The molecular formula is C20H21NO2. The maximum absolute atomic E-state index is 12.1. The molecule has 1 atom stereocenters. The first kappa shape index (κ1) is 16.8. The Bertz CT molecular complexity index is 733. The molecule has 118 valence electrons. The molecule has 0 radical (unpaired) electrons. The molecule has 0 spiro atoms. The smallest absolute Gasteiger partial charge is 0.255 e. The number of hydrogen-bond donors (Lipinski definition) is 2. The average Bonchev–Trinajstić information content (AvgIpc) is 2.54. The number of hydrogen-bond acceptors (Lipinski definition) is 2. The third-order valence-electron chi connectivity index (χ3n) is 3.31. The standard InChI is InChI=1S/C20H21NO2/c1-20(2,3)13-12-15-8-7-11-17(14-15)18(19(22)21-23)16-9-5-4-6-10-16/h4-11,14,18,23H,1-3H3,(H,21,22). The van der Waals surface area contributed by atoms with Gasteiger partial charge in [0, 0.05) is 11.0 Å². The topological polar surface area (TPSA) is 49.3 Å². The van der Waals surface area contributed by atoms with Crippen molar-refractivity contribution in [3.8, 4) is 11.8 Å². The predicted octanol–water partition coefficient (Wildman–Crippen LogP) is 3.72. The zero-order valence-corrected chi connectivity index (χ0v) is 13.6. The summed E-state index contributed by atoms with van der Waals surface area (Å²) in [5.41, 5.74) is 4.14. The largest absolute Gasteiger partial charge is 0.289 e. The molecule has 2 aromatic carbocycles. The summed E-state index contributed by atoms with van der Waals surface area (Å²) in [7, 11) is 0. The van der Waals surface area contributed by atoms with E-state index in [0.717, 1.165) is 16.7 Å². The third-order valence-corrected chi connectivity index (χ3v) is 3.31. The van der Waals surface area contributed by atoms with Gasteiger partial charge in [-0.1, -0.05) is 54.3 Å². The molecule has 2 aromatic rings. The van der Waals surface area contributed by atoms with Crippen LogP contribution in [0.25, 0.3) is 0 Å². The van der Waals surface area contributed by atoms with Crippen LogP contribution in [0.1, 0.15) is 43.4 Å². The van der Waals surface area contributed by atoms with Gasteiger partial charge in [0.2, 0.25) is 0 Å². The Morgan fingerprint density at radius 2 is 1.70 bits per heavy atom. The van der Waals surface area contributed by atoms with Crippen LogP contribution in [0, 0.1) is 17.3 Å². The number of carbonyl (C=O) groups excluding carboxylic acids is 1. The highest BCUT2D eigenvalue weighted by atomic mass is 16.5. The van der Waals surface area contributed by atoms with Gasteiger partial charge in [-0.3, -0.25) is 10.0 Å². The Labute approximate surface area is 137 Å². The summed E-state index contributed by atoms with van der Waals surface area (Å²) in [6.07, 6.45) is 0. The fourth-order valence-corrected chi connectivity index (χ4v) is 2.26. The first-order chi connectivity index (χ1) is 10.9. The van der Waals surface area contributed by atoms with E-state index in [1.807, 2.05) is 54.6 Å². The summed E-state index contributed by atoms with van der Waals surface area (Å²) >= 11 is 0. The summed E-state index contributed by atoms with van der Waals surface area (Å²) in [5, 5.41) is 9.08. The Hall–Kier alpha value is -2.57. The zero-order chi connectivity index (χ0) is 16.9. The van der Waals surface area contributed by atoms with E-state index in [-0.39, 0.29) is 5.41 Å². The van der Waals surface area contributed by atoms with Gasteiger partial charge in [0.1, 0.15) is 0 Å². The lowest BCUT2D eigenvalue weighted by atomic mass is 9.89. The summed E-state index contributed by atoms with van der Waals surface area (Å²) < 4.78 is 0. The first-order valence-corrected chi connectivity index (χ1v) is 7.53. The Kier molecular flexibility index (Phi) is 5.20. The van der Waals surface area contributed by atoms with Crippen LogP contribution < -0.4 is 5.48 Å². The molecule has 0 saturated carbocycles. The summed E-state index contributed by atoms with van der Waals surface area (Å²) in [5.74, 6) is 5.30. The highest BCUT2D eigenvalue weighted by Crippen LogP contribution is 2.25. The van der Waals surface area contributed by atoms with Crippen molar-refractivity contribution in [3.63, 3.8) is 0 Å². The van der Waals surface area contributed by atoms with Crippen molar-refractivity contribution in [1.82, 2.24) is 5.48 Å². The fraction of sp³-hybridized carbons (Fsp3) is 0.250. The van der Waals surface area contributed by atoms with Crippen LogP contribution in [0.4, 0.5) is 0 Å². The van der Waals surface area contributed by atoms with Crippen molar-refractivity contribution < 1.29 is 10.0 Å². The Morgan fingerprint density at radius 3 is 2.30 bits per heavy atom. The number of rotatable bonds is 3. The molecule has 0 bridgehead atoms. The van der Waals surface area contributed by atoms with Crippen molar-refractivity contribution >= 4 is 5.91 Å². The van der Waals surface area contributed by atoms with Crippen LogP contribution in [-0.4, -0.2) is 11.1 Å². The number of benzene rings is 2. The Balaban J connectivity index is 2.44. The van der Waals surface area contributed by atoms with Gasteiger partial charge in [0.15, 0.2) is 0 Å². The van der Waals surface area contributed by atoms with Gasteiger partial charge in [0.25, 0.3) is 5.91 Å². The first-order valence-electron chi connectivity index (χ1n) is 7.53. The number of hydroxylamine groups is 1. The molecule has 2 N–H and O–H groups in total. The van der Waals surface area contributed by atoms with Gasteiger partial charge in [-0.05, 0) is 44.0 Å². The zero-order valence-electron chi connectivity index (χ0n) is 13.6. The van der Waals surface area contributed by atoms with E-state index in [4.69, 9.17) is 5.21 Å². The molecular weight excluding hydrogens is 286 g/mol. The van der Waals surface area contributed by atoms with Crippen molar-refractivity contribution in [2.24, 2.45) is 5.41 Å². The van der Waals surface area contributed by atoms with E-state index in [1.54, 1.807) is 5.48 Å².